The summed E-state index contributed by atoms with van der Waals surface area (Å²) >= 11 is 0. The van der Waals surface area contributed by atoms with Gasteiger partial charge in [-0.15, -0.1) is 0 Å². The summed E-state index contributed by atoms with van der Waals surface area (Å²) in [4.78, 5) is 11.3. The van der Waals surface area contributed by atoms with E-state index in [4.69, 9.17) is 0 Å². The van der Waals surface area contributed by atoms with Crippen molar-refractivity contribution in [1.29, 1.82) is 0 Å². The molecule has 1 N–H and O–H groups in total. The van der Waals surface area contributed by atoms with Crippen LogP contribution in [0.2, 0.25) is 0 Å². The van der Waals surface area contributed by atoms with Crippen molar-refractivity contribution in [3.63, 3.8) is 0 Å². The highest BCUT2D eigenvalue weighted by Gasteiger charge is 1.92. The molecule has 0 aliphatic heterocycles. The molecule has 0 bridgehead atoms. The van der Waals surface area contributed by atoms with Crippen LogP contribution in [-0.2, 0) is 4.79 Å². The molecule has 94 valence electrons. The molecule has 2 heteroatoms. The van der Waals surface area contributed by atoms with Crippen LogP contribution in [0.1, 0.15) is 65.2 Å². The highest BCUT2D eigenvalue weighted by molar-refractivity contribution is 5.87. The van der Waals surface area contributed by atoms with E-state index in [0.717, 1.165) is 25.8 Å². The Morgan fingerprint density at radius 2 is 1.69 bits per heavy atom. The van der Waals surface area contributed by atoms with Gasteiger partial charge in [0.05, 0.1) is 0 Å². The van der Waals surface area contributed by atoms with Gasteiger partial charge in [-0.1, -0.05) is 52.0 Å². The fraction of sp³-hybridized carbons (Fsp3) is 0.786. The highest BCUT2D eigenvalue weighted by Crippen LogP contribution is 2.05. The first-order valence-electron chi connectivity index (χ1n) is 6.75. The minimum atomic E-state index is 0.0574. The normalized spacial score (nSPS) is 10.9. The zero-order valence-electron chi connectivity index (χ0n) is 10.9. The lowest BCUT2D eigenvalue weighted by atomic mass is 10.1. The standard InChI is InChI=1S/C14H27NO/c1-3-5-7-8-9-10-11-12-14(16)15-13-6-4-2/h11-12H,3-10,13H2,1-2H3,(H,15,16). The van der Waals surface area contributed by atoms with E-state index in [1.165, 1.54) is 32.1 Å². The summed E-state index contributed by atoms with van der Waals surface area (Å²) in [5, 5.41) is 2.87. The second-order valence-corrected chi connectivity index (χ2v) is 4.25. The van der Waals surface area contributed by atoms with Crippen LogP contribution in [-0.4, -0.2) is 12.5 Å². The third-order valence-electron chi connectivity index (χ3n) is 2.57. The molecule has 1 amide bonds. The van der Waals surface area contributed by atoms with Gasteiger partial charge in [-0.3, -0.25) is 4.79 Å². The number of hydrogen-bond acceptors (Lipinski definition) is 1. The smallest absolute Gasteiger partial charge is 0.243 e. The summed E-state index contributed by atoms with van der Waals surface area (Å²) in [6.07, 6.45) is 13.3. The Labute approximate surface area is 101 Å². The first-order valence-corrected chi connectivity index (χ1v) is 6.75. The SMILES string of the molecule is CCCCCCCC=CC(=O)NCCCC. The molecule has 0 spiro atoms. The summed E-state index contributed by atoms with van der Waals surface area (Å²) in [5.41, 5.74) is 0. The molecule has 0 radical (unpaired) electrons. The van der Waals surface area contributed by atoms with Crippen LogP contribution in [0.5, 0.6) is 0 Å². The van der Waals surface area contributed by atoms with E-state index in [1.807, 2.05) is 6.08 Å². The van der Waals surface area contributed by atoms with E-state index >= 15 is 0 Å². The number of carbonyl (C=O) groups excluding carboxylic acids is 1. The molecule has 0 aromatic rings. The van der Waals surface area contributed by atoms with E-state index < -0.39 is 0 Å². The van der Waals surface area contributed by atoms with Crippen molar-refractivity contribution in [2.24, 2.45) is 0 Å². The Balaban J connectivity index is 3.28. The second-order valence-electron chi connectivity index (χ2n) is 4.25. The van der Waals surface area contributed by atoms with Gasteiger partial charge in [0, 0.05) is 6.54 Å². The molecule has 0 aromatic heterocycles. The van der Waals surface area contributed by atoms with Crippen LogP contribution in [0.4, 0.5) is 0 Å². The first kappa shape index (κ1) is 15.2. The van der Waals surface area contributed by atoms with Gasteiger partial charge < -0.3 is 5.32 Å². The van der Waals surface area contributed by atoms with Gasteiger partial charge in [-0.2, -0.15) is 0 Å². The van der Waals surface area contributed by atoms with Crippen molar-refractivity contribution in [1.82, 2.24) is 5.32 Å². The van der Waals surface area contributed by atoms with E-state index in [1.54, 1.807) is 6.08 Å². The Morgan fingerprint density at radius 3 is 2.38 bits per heavy atom. The minimum absolute atomic E-state index is 0.0574. The van der Waals surface area contributed by atoms with E-state index in [2.05, 4.69) is 19.2 Å². The van der Waals surface area contributed by atoms with E-state index in [0.29, 0.717) is 0 Å². The van der Waals surface area contributed by atoms with Crippen molar-refractivity contribution < 1.29 is 4.79 Å². The van der Waals surface area contributed by atoms with E-state index in [-0.39, 0.29) is 5.91 Å². The molecular weight excluding hydrogens is 198 g/mol. The van der Waals surface area contributed by atoms with Gasteiger partial charge in [0.1, 0.15) is 0 Å². The van der Waals surface area contributed by atoms with Gasteiger partial charge in [-0.25, -0.2) is 0 Å². The Kier molecular flexibility index (Phi) is 11.7. The summed E-state index contributed by atoms with van der Waals surface area (Å²) < 4.78 is 0. The van der Waals surface area contributed by atoms with Crippen LogP contribution in [0.3, 0.4) is 0 Å². The predicted octanol–water partition coefficient (Wildman–Crippen LogP) is 3.82. The maximum absolute atomic E-state index is 11.3. The first-order chi connectivity index (χ1) is 7.81. The number of amides is 1. The molecule has 0 fully saturated rings. The fourth-order valence-electron chi connectivity index (χ4n) is 1.50. The predicted molar refractivity (Wildman–Crippen MR) is 70.4 cm³/mol. The van der Waals surface area contributed by atoms with Crippen molar-refractivity contribution >= 4 is 5.91 Å². The number of allylic oxidation sites excluding steroid dienone is 1. The molecule has 0 heterocycles. The number of hydrogen-bond donors (Lipinski definition) is 1. The Morgan fingerprint density at radius 1 is 1.00 bits per heavy atom. The topological polar surface area (TPSA) is 29.1 Å². The van der Waals surface area contributed by atoms with Gasteiger partial charge in [0.25, 0.3) is 0 Å². The van der Waals surface area contributed by atoms with E-state index in [9.17, 15) is 4.79 Å². The molecule has 0 atom stereocenters. The average molecular weight is 225 g/mol. The number of unbranched alkanes of at least 4 members (excludes halogenated alkanes) is 6. The molecule has 0 unspecified atom stereocenters. The largest absolute Gasteiger partial charge is 0.353 e. The van der Waals surface area contributed by atoms with Crippen LogP contribution in [0.25, 0.3) is 0 Å². The molecule has 0 rings (SSSR count). The lowest BCUT2D eigenvalue weighted by Crippen LogP contribution is -2.21. The average Bonchev–Trinajstić information content (AvgIpc) is 2.28. The molecule has 0 aliphatic rings. The Bertz CT molecular complexity index is 187. The number of rotatable bonds is 10. The molecule has 0 aliphatic carbocycles. The van der Waals surface area contributed by atoms with Crippen molar-refractivity contribution in [3.05, 3.63) is 12.2 Å². The zero-order chi connectivity index (χ0) is 12.1. The monoisotopic (exact) mass is 225 g/mol. The Hall–Kier alpha value is -0.790. The quantitative estimate of drug-likeness (QED) is 0.444. The maximum atomic E-state index is 11.3. The fourth-order valence-corrected chi connectivity index (χ4v) is 1.50. The van der Waals surface area contributed by atoms with Crippen molar-refractivity contribution in [3.8, 4) is 0 Å². The maximum Gasteiger partial charge on any atom is 0.243 e. The summed E-state index contributed by atoms with van der Waals surface area (Å²) in [5.74, 6) is 0.0574. The van der Waals surface area contributed by atoms with Gasteiger partial charge in [-0.05, 0) is 25.3 Å². The van der Waals surface area contributed by atoms with Crippen molar-refractivity contribution in [2.75, 3.05) is 6.54 Å². The number of nitrogens with one attached hydrogen (secondary N) is 1. The lowest BCUT2D eigenvalue weighted by molar-refractivity contribution is -0.116. The molecule has 16 heavy (non-hydrogen) atoms. The highest BCUT2D eigenvalue weighted by atomic mass is 16.1. The van der Waals surface area contributed by atoms with Crippen LogP contribution >= 0.6 is 0 Å². The molecule has 0 saturated heterocycles. The molecule has 2 nitrogen and oxygen atoms in total. The number of carbonyl (C=O) groups is 1. The van der Waals surface area contributed by atoms with Gasteiger partial charge >= 0.3 is 0 Å². The van der Waals surface area contributed by atoms with Crippen LogP contribution in [0.15, 0.2) is 12.2 Å². The summed E-state index contributed by atoms with van der Waals surface area (Å²) in [7, 11) is 0. The van der Waals surface area contributed by atoms with Crippen molar-refractivity contribution in [2.45, 2.75) is 65.2 Å². The summed E-state index contributed by atoms with van der Waals surface area (Å²) in [6, 6.07) is 0. The molecule has 0 saturated carbocycles. The molecular formula is C14H27NO. The molecule has 0 aromatic carbocycles. The van der Waals surface area contributed by atoms with Crippen LogP contribution < -0.4 is 5.32 Å². The van der Waals surface area contributed by atoms with Gasteiger partial charge in [0.15, 0.2) is 0 Å². The lowest BCUT2D eigenvalue weighted by Gasteiger charge is -1.99. The third-order valence-corrected chi connectivity index (χ3v) is 2.57. The zero-order valence-corrected chi connectivity index (χ0v) is 10.9. The third kappa shape index (κ3) is 11.3. The minimum Gasteiger partial charge on any atom is -0.353 e. The second kappa shape index (κ2) is 12.3. The summed E-state index contributed by atoms with van der Waals surface area (Å²) in [6.45, 7) is 5.15. The van der Waals surface area contributed by atoms with Gasteiger partial charge in [0.2, 0.25) is 5.91 Å². The van der Waals surface area contributed by atoms with Crippen LogP contribution in [0, 0.1) is 0 Å².